The van der Waals surface area contributed by atoms with E-state index in [9.17, 15) is 40.0 Å². The van der Waals surface area contributed by atoms with E-state index in [1.54, 1.807) is 0 Å². The molecule has 3 heterocycles. The molecular weight excluding hydrogens is 455 g/mol. The van der Waals surface area contributed by atoms with Crippen LogP contribution in [0.5, 0.6) is 5.75 Å². The summed E-state index contributed by atoms with van der Waals surface area (Å²) in [4.78, 5) is 28.6. The van der Waals surface area contributed by atoms with Crippen molar-refractivity contribution in [2.45, 2.75) is 24.1 Å². The average Bonchev–Trinajstić information content (AvgIpc) is 2.54. The molecule has 31 heavy (non-hydrogen) atoms. The summed E-state index contributed by atoms with van der Waals surface area (Å²) < 4.78 is 91.8. The molecule has 15 heteroatoms. The van der Waals surface area contributed by atoms with Crippen LogP contribution in [0.4, 0.5) is 27.6 Å². The van der Waals surface area contributed by atoms with Crippen molar-refractivity contribution < 1.29 is 44.7 Å². The van der Waals surface area contributed by atoms with Gasteiger partial charge in [0, 0.05) is 6.07 Å². The number of hydrogen-bond acceptors (Lipinski definition) is 7. The van der Waals surface area contributed by atoms with Crippen molar-refractivity contribution in [2.24, 2.45) is 5.73 Å². The van der Waals surface area contributed by atoms with E-state index in [0.29, 0.717) is 0 Å². The highest BCUT2D eigenvalue weighted by Crippen LogP contribution is 2.38. The van der Waals surface area contributed by atoms with E-state index in [0.717, 1.165) is 17.2 Å². The Kier molecular flexibility index (Phi) is 5.52. The van der Waals surface area contributed by atoms with Crippen molar-refractivity contribution in [3.05, 3.63) is 18.0 Å². The number of pyridine rings is 1. The Morgan fingerprint density at radius 1 is 1.26 bits per heavy atom. The van der Waals surface area contributed by atoms with Crippen molar-refractivity contribution in [1.82, 2.24) is 10.3 Å². The molecule has 2 aliphatic heterocycles. The van der Waals surface area contributed by atoms with Crippen molar-refractivity contribution in [1.29, 1.82) is 0 Å². The highest BCUT2D eigenvalue weighted by molar-refractivity contribution is 7.93. The number of sulfone groups is 1. The van der Waals surface area contributed by atoms with Gasteiger partial charge in [0.25, 0.3) is 11.8 Å². The van der Waals surface area contributed by atoms with Crippen LogP contribution in [0.25, 0.3) is 0 Å². The second kappa shape index (κ2) is 7.46. The Labute approximate surface area is 172 Å². The monoisotopic (exact) mass is 472 g/mol. The van der Waals surface area contributed by atoms with Gasteiger partial charge in [-0.3, -0.25) is 9.59 Å². The summed E-state index contributed by atoms with van der Waals surface area (Å²) >= 11 is 0. The number of carbonyl (C=O) groups excluding carboxylic acids is 2. The molecule has 0 unspecified atom stereocenters. The van der Waals surface area contributed by atoms with Gasteiger partial charge in [0.15, 0.2) is 16.4 Å². The highest BCUT2D eigenvalue weighted by atomic mass is 32.2. The zero-order valence-corrected chi connectivity index (χ0v) is 16.5. The van der Waals surface area contributed by atoms with E-state index < -0.39 is 88.4 Å². The molecule has 1 aromatic heterocycles. The number of carbonyl (C=O) groups is 2. The number of hydrogen-bond donors (Lipinski definition) is 2. The fourth-order valence-corrected chi connectivity index (χ4v) is 5.35. The summed E-state index contributed by atoms with van der Waals surface area (Å²) in [6, 6.07) is 0.831. The summed E-state index contributed by atoms with van der Waals surface area (Å²) in [5.41, 5.74) is 3.02. The van der Waals surface area contributed by atoms with Crippen LogP contribution in [0.3, 0.4) is 0 Å². The lowest BCUT2D eigenvalue weighted by atomic mass is 9.98. The number of aromatic nitrogens is 1. The standard InChI is InChI=1S/C16H17F5N4O5S/c17-15(18)4-25(5-15)10-3-23-9(1-11(10)30-6-16(19,20)21)13(27)24-14(2-12(22)26)7-31(28,29)8-14/h1,3H,2,4-8H2,(H2,22,26)(H,24,27). The Morgan fingerprint density at radius 2 is 1.87 bits per heavy atom. The molecule has 0 bridgehead atoms. The number of alkyl halides is 5. The molecule has 0 saturated carbocycles. The molecule has 0 atom stereocenters. The minimum absolute atomic E-state index is 0.162. The van der Waals surface area contributed by atoms with E-state index in [1.165, 1.54) is 0 Å². The maximum Gasteiger partial charge on any atom is 0.422 e. The number of halogens is 5. The summed E-state index contributed by atoms with van der Waals surface area (Å²) in [5.74, 6) is -6.48. The van der Waals surface area contributed by atoms with Crippen LogP contribution in [0.2, 0.25) is 0 Å². The third-order valence-electron chi connectivity index (χ3n) is 4.54. The number of nitrogens with one attached hydrogen (secondary N) is 1. The molecule has 3 N–H and O–H groups in total. The minimum Gasteiger partial charge on any atom is -0.482 e. The molecule has 2 aliphatic rings. The van der Waals surface area contributed by atoms with E-state index in [1.807, 2.05) is 0 Å². The molecule has 3 rings (SSSR count). The van der Waals surface area contributed by atoms with Crippen LogP contribution in [-0.2, 0) is 14.6 Å². The first-order valence-electron chi connectivity index (χ1n) is 8.72. The minimum atomic E-state index is -4.73. The average molecular weight is 472 g/mol. The number of anilines is 1. The van der Waals surface area contributed by atoms with Crippen molar-refractivity contribution in [3.63, 3.8) is 0 Å². The molecule has 0 aliphatic carbocycles. The van der Waals surface area contributed by atoms with Gasteiger partial charge < -0.3 is 20.7 Å². The van der Waals surface area contributed by atoms with Gasteiger partial charge >= 0.3 is 6.18 Å². The summed E-state index contributed by atoms with van der Waals surface area (Å²) in [6.45, 7) is -3.26. The highest BCUT2D eigenvalue weighted by Gasteiger charge is 2.51. The van der Waals surface area contributed by atoms with E-state index >= 15 is 0 Å². The first-order chi connectivity index (χ1) is 14.1. The number of amides is 2. The van der Waals surface area contributed by atoms with Crippen LogP contribution in [0.15, 0.2) is 12.3 Å². The maximum absolute atomic E-state index is 13.2. The molecule has 0 spiro atoms. The van der Waals surface area contributed by atoms with Crippen molar-refractivity contribution in [3.8, 4) is 5.75 Å². The lowest BCUT2D eigenvalue weighted by Gasteiger charge is -2.41. The molecule has 2 fully saturated rings. The van der Waals surface area contributed by atoms with Crippen molar-refractivity contribution >= 4 is 27.3 Å². The maximum atomic E-state index is 13.2. The van der Waals surface area contributed by atoms with Gasteiger partial charge in [-0.1, -0.05) is 0 Å². The molecule has 2 amide bonds. The first-order valence-corrected chi connectivity index (χ1v) is 10.5. The third kappa shape index (κ3) is 5.51. The summed E-state index contributed by atoms with van der Waals surface area (Å²) in [5, 5.41) is 2.33. The number of nitrogens with zero attached hydrogens (tertiary/aromatic N) is 2. The quantitative estimate of drug-likeness (QED) is 0.544. The van der Waals surface area contributed by atoms with Gasteiger partial charge in [-0.15, -0.1) is 0 Å². The third-order valence-corrected chi connectivity index (χ3v) is 6.52. The van der Waals surface area contributed by atoms with Crippen molar-refractivity contribution in [2.75, 3.05) is 36.1 Å². The van der Waals surface area contributed by atoms with Crippen LogP contribution >= 0.6 is 0 Å². The van der Waals surface area contributed by atoms with Crippen LogP contribution in [0, 0.1) is 0 Å². The Morgan fingerprint density at radius 3 is 2.35 bits per heavy atom. The summed E-state index contributed by atoms with van der Waals surface area (Å²) in [7, 11) is -3.49. The normalized spacial score (nSPS) is 20.9. The topological polar surface area (TPSA) is 132 Å². The van der Waals surface area contributed by atoms with Gasteiger partial charge in [0.05, 0.1) is 48.4 Å². The van der Waals surface area contributed by atoms with E-state index in [2.05, 4.69) is 15.0 Å². The fraction of sp³-hybridized carbons (Fsp3) is 0.562. The second-order valence-electron chi connectivity index (χ2n) is 7.56. The molecule has 9 nitrogen and oxygen atoms in total. The van der Waals surface area contributed by atoms with Crippen LogP contribution < -0.4 is 20.7 Å². The predicted octanol–water partition coefficient (Wildman–Crippen LogP) is 0.250. The molecule has 2 saturated heterocycles. The van der Waals surface area contributed by atoms with Crippen LogP contribution in [0.1, 0.15) is 16.9 Å². The molecule has 0 radical (unpaired) electrons. The number of primary amides is 1. The zero-order chi connectivity index (χ0) is 23.2. The number of nitrogens with two attached hydrogens (primary N) is 1. The van der Waals surface area contributed by atoms with Gasteiger partial charge in [-0.05, 0) is 0 Å². The van der Waals surface area contributed by atoms with E-state index in [-0.39, 0.29) is 5.69 Å². The first kappa shape index (κ1) is 23.0. The molecular formula is C16H17F5N4O5S. The fourth-order valence-electron chi connectivity index (χ4n) is 3.41. The Bertz CT molecular complexity index is 994. The lowest BCUT2D eigenvalue weighted by Crippen LogP contribution is -2.66. The zero-order valence-electron chi connectivity index (χ0n) is 15.7. The largest absolute Gasteiger partial charge is 0.482 e. The predicted molar refractivity (Wildman–Crippen MR) is 95.6 cm³/mol. The molecule has 0 aromatic carbocycles. The smallest absolute Gasteiger partial charge is 0.422 e. The lowest BCUT2D eigenvalue weighted by molar-refractivity contribution is -0.153. The van der Waals surface area contributed by atoms with Gasteiger partial charge in [0.2, 0.25) is 5.91 Å². The van der Waals surface area contributed by atoms with Gasteiger partial charge in [0.1, 0.15) is 11.4 Å². The SMILES string of the molecule is NC(=O)CC1(NC(=O)c2cc(OCC(F)(F)F)c(N3CC(F)(F)C3)cn2)CS(=O)(=O)C1. The van der Waals surface area contributed by atoms with Gasteiger partial charge in [-0.25, -0.2) is 22.2 Å². The van der Waals surface area contributed by atoms with E-state index in [4.69, 9.17) is 5.73 Å². The Balaban J connectivity index is 1.83. The number of ether oxygens (including phenoxy) is 1. The molecule has 172 valence electrons. The van der Waals surface area contributed by atoms with Gasteiger partial charge in [-0.2, -0.15) is 13.2 Å². The Hall–Kier alpha value is -2.71. The molecule has 1 aromatic rings. The number of rotatable bonds is 7. The summed E-state index contributed by atoms with van der Waals surface area (Å²) in [6.07, 6.45) is -4.29. The second-order valence-corrected chi connectivity index (χ2v) is 9.63. The van der Waals surface area contributed by atoms with Crippen LogP contribution in [-0.4, -0.2) is 74.1 Å².